The Morgan fingerprint density at radius 3 is 1.96 bits per heavy atom. The van der Waals surface area contributed by atoms with Crippen molar-refractivity contribution in [1.29, 1.82) is 0 Å². The highest BCUT2D eigenvalue weighted by Crippen LogP contribution is 2.41. The summed E-state index contributed by atoms with van der Waals surface area (Å²) < 4.78 is 29.7. The number of aromatic hydroxyl groups is 1. The number of ketones is 2. The van der Waals surface area contributed by atoms with Crippen molar-refractivity contribution in [3.05, 3.63) is 65.8 Å². The van der Waals surface area contributed by atoms with Crippen molar-refractivity contribution in [3.8, 4) is 5.75 Å². The lowest BCUT2D eigenvalue weighted by Crippen LogP contribution is -2.65. The fourth-order valence-electron chi connectivity index (χ4n) is 19.7. The van der Waals surface area contributed by atoms with Crippen LogP contribution in [0.2, 0.25) is 0 Å². The third kappa shape index (κ3) is 31.3. The molecule has 21 N–H and O–H groups in total. The van der Waals surface area contributed by atoms with Gasteiger partial charge in [-0.05, 0) is 164 Å². The van der Waals surface area contributed by atoms with Gasteiger partial charge in [-0.3, -0.25) is 53.3 Å². The second-order valence-electron chi connectivity index (χ2n) is 38.5. The van der Waals surface area contributed by atoms with Crippen LogP contribution >= 0.6 is 0 Å². The van der Waals surface area contributed by atoms with Crippen molar-refractivity contribution in [2.24, 2.45) is 52.9 Å². The fraction of sp³-hybridized carbons (Fsp3) is 0.760. The first-order chi connectivity index (χ1) is 63.5. The van der Waals surface area contributed by atoms with Gasteiger partial charge in [-0.2, -0.15) is 0 Å². The van der Waals surface area contributed by atoms with Crippen LogP contribution in [0.4, 0.5) is 0 Å². The van der Waals surface area contributed by atoms with Crippen molar-refractivity contribution >= 4 is 64.8 Å². The smallest absolute Gasteiger partial charge is 0.329 e. The van der Waals surface area contributed by atoms with Crippen LogP contribution in [-0.2, 0) is 76.4 Å². The van der Waals surface area contributed by atoms with E-state index >= 15 is 0 Å². The summed E-state index contributed by atoms with van der Waals surface area (Å²) in [5.74, 6) is -14.2. The lowest BCUT2D eigenvalue weighted by Gasteiger charge is -2.47. The standard InChI is InChI=1S/C52H88N10O15.C44H69NO12/c1-5-28(2)24-29(3)12-10-8-6-7-9-11-13-39(69)56-34-26-38(68)46(55-22-21-54)60-50(75)43-37(67)19-23-61(43)52(77)41(36(66)18-20-53)58-49(74)42(45(71)44(70)31-14-16-32(64)17-15-31)59-48(73)35-25-33(65)27-62(35)51(76)40(30(4)63)57-47(34)72;1-10-13-31-19-25(2)18-26(3)20-37(54-8)40-38(55-9)22-28(5)44(52,57-40)41(49)42(50)45-17-12-11-14-32(45)43(51)56-39(29(6)34(47)24-35(31)48)27(4)21-30-15-16-33(46)36(23-30)53-7/h14-17,28-30,33-38,40-46,55,63-68,70-71H,5-13,18-27,53-54H2,1-4H3,(H,56,69)(H,57,72)(H,58,74)(H,59,73)(H,60,75);10,19,21,26,28-34,36-40,46-47,52H,1,11-18,20,22-24H2,2-9H3/b;25-19+,27-21+/t28?,29?,30-,33-,34+,35+,36-,37+,38-,40+,41+,42+,43+,44+,45+,46+;26-,28+,29+,30?,31+,32-,33?,34-,36+,37-,38-,39+,40+,44+/m10/s1. The highest BCUT2D eigenvalue weighted by Gasteiger charge is 2.58. The number of nitrogens with one attached hydrogen (secondary N) is 6. The Morgan fingerprint density at radius 2 is 1.31 bits per heavy atom. The Morgan fingerprint density at radius 1 is 0.672 bits per heavy atom. The van der Waals surface area contributed by atoms with E-state index in [1.165, 1.54) is 49.8 Å². The largest absolute Gasteiger partial charge is 0.508 e. The van der Waals surface area contributed by atoms with Gasteiger partial charge in [0.15, 0.2) is 0 Å². The quantitative estimate of drug-likeness (QED) is 0.0224. The molecule has 0 aromatic heterocycles. The van der Waals surface area contributed by atoms with Crippen LogP contribution in [0, 0.1) is 41.4 Å². The van der Waals surface area contributed by atoms with Crippen LogP contribution < -0.4 is 43.4 Å². The molecule has 5 saturated heterocycles. The van der Waals surface area contributed by atoms with Crippen LogP contribution in [-0.4, -0.2) is 330 Å². The molecule has 1 aliphatic carbocycles. The number of nitrogens with zero attached hydrogens (tertiary/aromatic N) is 3. The number of hydrogen-bond donors (Lipinski definition) is 19. The summed E-state index contributed by atoms with van der Waals surface area (Å²) in [6.45, 7) is 19.9. The molecule has 758 valence electrons. The predicted molar refractivity (Wildman–Crippen MR) is 493 cm³/mol. The summed E-state index contributed by atoms with van der Waals surface area (Å²) in [5, 5.41) is 139. The second kappa shape index (κ2) is 54.5. The number of benzene rings is 1. The third-order valence-electron chi connectivity index (χ3n) is 27.8. The van der Waals surface area contributed by atoms with E-state index in [9.17, 15) is 109 Å². The van der Waals surface area contributed by atoms with Gasteiger partial charge in [-0.25, -0.2) is 4.79 Å². The number of aliphatic hydroxyl groups excluding tert-OH is 9. The number of cyclic esters (lactones) is 1. The van der Waals surface area contributed by atoms with Crippen LogP contribution in [0.25, 0.3) is 0 Å². The molecule has 6 fully saturated rings. The lowest BCUT2D eigenvalue weighted by molar-refractivity contribution is -0.302. The minimum absolute atomic E-state index is 0.00988. The van der Waals surface area contributed by atoms with Crippen LogP contribution in [0.1, 0.15) is 235 Å². The number of phenols is 1. The highest BCUT2D eigenvalue weighted by atomic mass is 16.7. The number of allylic oxidation sites excluding steroid dienone is 4. The maximum Gasteiger partial charge on any atom is 0.329 e. The zero-order valence-electron chi connectivity index (χ0n) is 80.4. The topological polar surface area (TPSA) is 590 Å². The number of phenolic OH excluding ortho intramolecular Hbond substituents is 1. The van der Waals surface area contributed by atoms with Gasteiger partial charge in [0.1, 0.15) is 84.4 Å². The number of nitrogens with two attached hydrogens (primary N) is 2. The van der Waals surface area contributed by atoms with Crippen LogP contribution in [0.3, 0.4) is 0 Å². The summed E-state index contributed by atoms with van der Waals surface area (Å²) >= 11 is 0. The first kappa shape index (κ1) is 113. The molecule has 134 heavy (non-hydrogen) atoms. The van der Waals surface area contributed by atoms with Gasteiger partial charge >= 0.3 is 5.97 Å². The van der Waals surface area contributed by atoms with Crippen LogP contribution in [0.15, 0.2) is 60.2 Å². The number of carbonyl (C=O) groups is 11. The van der Waals surface area contributed by atoms with Gasteiger partial charge in [0.05, 0.1) is 61.0 Å². The molecule has 1 saturated carbocycles. The number of ether oxygens (including phenoxy) is 5. The molecular formula is C96H157N11O27. The number of hydrogen-bond acceptors (Lipinski definition) is 30. The summed E-state index contributed by atoms with van der Waals surface area (Å²) in [7, 11) is 4.61. The number of piperidine rings is 1. The normalized spacial score (nSPS) is 33.9. The minimum atomic E-state index is -2.51. The number of methoxy groups -OCH3 is 3. The number of aliphatic hydroxyl groups is 10. The third-order valence-corrected chi connectivity index (χ3v) is 27.8. The monoisotopic (exact) mass is 1900 g/mol. The maximum absolute atomic E-state index is 14.6. The molecule has 6 aliphatic heterocycles. The molecule has 38 nitrogen and oxygen atoms in total. The Bertz CT molecular complexity index is 4050. The molecule has 30 atom stereocenters. The van der Waals surface area contributed by atoms with Gasteiger partial charge < -0.3 is 133 Å². The Labute approximate surface area is 788 Å². The zero-order chi connectivity index (χ0) is 99.3. The molecule has 4 unspecified atom stereocenters. The van der Waals surface area contributed by atoms with Crippen molar-refractivity contribution < 1.29 is 133 Å². The number of Topliss-reactive ketones (excluding diaryl/α,β-unsaturated/α-hetero) is 2. The fourth-order valence-corrected chi connectivity index (χ4v) is 19.7. The van der Waals surface area contributed by atoms with E-state index in [1.807, 2.05) is 32.9 Å². The number of carbonyl (C=O) groups excluding carboxylic acids is 11. The first-order valence-electron chi connectivity index (χ1n) is 48.2. The maximum atomic E-state index is 14.6. The average molecular weight is 1900 g/mol. The second-order valence-corrected chi connectivity index (χ2v) is 38.5. The van der Waals surface area contributed by atoms with E-state index in [2.05, 4.69) is 59.3 Å². The molecule has 7 aliphatic rings. The molecule has 2 bridgehead atoms. The number of esters is 1. The van der Waals surface area contributed by atoms with Crippen molar-refractivity contribution in [1.82, 2.24) is 46.6 Å². The predicted octanol–water partition coefficient (Wildman–Crippen LogP) is 1.33. The van der Waals surface area contributed by atoms with Gasteiger partial charge in [-0.15, -0.1) is 6.58 Å². The molecule has 0 radical (unpaired) electrons. The van der Waals surface area contributed by atoms with Gasteiger partial charge in [0, 0.05) is 97.5 Å². The summed E-state index contributed by atoms with van der Waals surface area (Å²) in [6.07, 6.45) is -2.01. The van der Waals surface area contributed by atoms with Gasteiger partial charge in [-0.1, -0.05) is 122 Å². The number of unbranched alkanes of at least 4 members (excludes halogenated alkanes) is 5. The van der Waals surface area contributed by atoms with Crippen molar-refractivity contribution in [2.75, 3.05) is 60.6 Å². The van der Waals surface area contributed by atoms with Crippen molar-refractivity contribution in [2.45, 2.75) is 363 Å². The Hall–Kier alpha value is -7.87. The number of amides is 8. The Balaban J connectivity index is 0.000000382. The van der Waals surface area contributed by atoms with E-state index in [-0.39, 0.29) is 106 Å². The van der Waals surface area contributed by atoms with E-state index in [4.69, 9.17) is 35.2 Å². The molecule has 0 spiro atoms. The molecule has 6 heterocycles. The number of fused-ring (bicyclic) bond motifs is 5. The van der Waals surface area contributed by atoms with E-state index in [0.29, 0.717) is 81.6 Å². The minimum Gasteiger partial charge on any atom is -0.508 e. The molecular weight excluding hydrogens is 1740 g/mol. The summed E-state index contributed by atoms with van der Waals surface area (Å²) in [6, 6.07) is -7.54. The molecule has 8 rings (SSSR count). The first-order valence-corrected chi connectivity index (χ1v) is 48.2. The van der Waals surface area contributed by atoms with E-state index < -0.39 is 230 Å². The van der Waals surface area contributed by atoms with Crippen LogP contribution in [0.5, 0.6) is 5.75 Å². The van der Waals surface area contributed by atoms with Gasteiger partial charge in [0.2, 0.25) is 47.1 Å². The SMILES string of the molecule is C=CC[C@@H]1/C=C(\C)C[C@H](C)C[C@H](OC)[C@H]2O[C@@](O)(C(=O)C(=O)N3CCCC[C@H]3C(=O)O[C@H](/C(C)=C/C3CCC(O)[C@H](OC)C3)[C@H](C)[C@@H](O)CC1=O)[C@H](C)C[C@@H]2OC.CCC(C)CC(C)CCCCCCCCC(=O)N[C@H]1C[C@@H](O)[C@@H](NCCN)NC(=O)[C@@H]2[C@@H](O)CCN2C(=O)[C@H]([C@H](O)CCN)NC(=O)[C@H]([C@H](O)[C@@H](O)c2ccc(O)cc2)NC(=O)[C@@H]2C[C@@H](O)CN2C(=O)[C@H]([C@@H](C)O)NC1=O. The van der Waals surface area contributed by atoms with Gasteiger partial charge in [0.25, 0.3) is 11.7 Å². The zero-order valence-corrected chi connectivity index (χ0v) is 80.4. The molecule has 38 heteroatoms. The number of rotatable bonds is 30. The lowest BCUT2D eigenvalue weighted by atomic mass is 9.81. The van der Waals surface area contributed by atoms with E-state index in [1.54, 1.807) is 27.0 Å². The average Bonchev–Trinajstić information content (AvgIpc) is 1.01. The molecule has 8 amide bonds. The Kier molecular flexibility index (Phi) is 46.0. The molecule has 1 aromatic carbocycles. The summed E-state index contributed by atoms with van der Waals surface area (Å²) in [5.41, 5.74) is 13.1. The highest BCUT2D eigenvalue weighted by molar-refractivity contribution is 6.39. The van der Waals surface area contributed by atoms with E-state index in [0.717, 1.165) is 60.8 Å². The molecule has 1 aromatic rings. The van der Waals surface area contributed by atoms with Crippen molar-refractivity contribution in [3.63, 3.8) is 0 Å². The summed E-state index contributed by atoms with van der Waals surface area (Å²) in [4.78, 5) is 160.